The minimum atomic E-state index is -0.533. The molecule has 0 aliphatic carbocycles. The van der Waals surface area contributed by atoms with Crippen LogP contribution in [0.5, 0.6) is 0 Å². The van der Waals surface area contributed by atoms with Crippen molar-refractivity contribution in [1.82, 2.24) is 4.98 Å². The first-order valence-corrected chi connectivity index (χ1v) is 6.49. The van der Waals surface area contributed by atoms with Gasteiger partial charge in [-0.15, -0.1) is 0 Å². The second-order valence-corrected chi connectivity index (χ2v) is 6.69. The Labute approximate surface area is 113 Å². The van der Waals surface area contributed by atoms with Crippen molar-refractivity contribution >= 4 is 10.9 Å². The van der Waals surface area contributed by atoms with Gasteiger partial charge in [0.05, 0.1) is 5.52 Å². The second-order valence-electron chi connectivity index (χ2n) is 6.69. The number of benzene rings is 1. The largest absolute Gasteiger partial charge is 0.322 e. The maximum atomic E-state index is 13.5. The quantitative estimate of drug-likeness (QED) is 0.845. The van der Waals surface area contributed by atoms with Gasteiger partial charge in [-0.05, 0) is 43.7 Å². The predicted molar refractivity (Wildman–Crippen MR) is 77.6 cm³/mol. The van der Waals surface area contributed by atoms with E-state index in [0.29, 0.717) is 0 Å². The molecule has 0 spiro atoms. The highest BCUT2D eigenvalue weighted by Crippen LogP contribution is 2.31. The van der Waals surface area contributed by atoms with Crippen LogP contribution in [0.25, 0.3) is 10.9 Å². The van der Waals surface area contributed by atoms with Crippen LogP contribution < -0.4 is 5.73 Å². The highest BCUT2D eigenvalue weighted by atomic mass is 19.1. The minimum absolute atomic E-state index is 0.0669. The molecule has 1 heterocycles. The summed E-state index contributed by atoms with van der Waals surface area (Å²) in [6, 6.07) is 6.67. The Balaban J connectivity index is 2.85. The van der Waals surface area contributed by atoms with Crippen molar-refractivity contribution in [2.75, 3.05) is 0 Å². The van der Waals surface area contributed by atoms with Crippen LogP contribution in [0.2, 0.25) is 0 Å². The Kier molecular flexibility index (Phi) is 3.13. The predicted octanol–water partition coefficient (Wildman–Crippen LogP) is 3.87. The highest BCUT2D eigenvalue weighted by Gasteiger charge is 2.23. The zero-order valence-corrected chi connectivity index (χ0v) is 12.2. The fourth-order valence-corrected chi connectivity index (χ4v) is 2.12. The van der Waals surface area contributed by atoms with E-state index in [-0.39, 0.29) is 11.2 Å². The zero-order chi connectivity index (χ0) is 14.4. The monoisotopic (exact) mass is 260 g/mol. The summed E-state index contributed by atoms with van der Waals surface area (Å²) in [4.78, 5) is 4.64. The van der Waals surface area contributed by atoms with Crippen molar-refractivity contribution in [3.05, 3.63) is 41.3 Å². The minimum Gasteiger partial charge on any atom is -0.322 e. The van der Waals surface area contributed by atoms with Gasteiger partial charge in [0.25, 0.3) is 0 Å². The van der Waals surface area contributed by atoms with Crippen molar-refractivity contribution in [2.24, 2.45) is 5.73 Å². The summed E-state index contributed by atoms with van der Waals surface area (Å²) in [7, 11) is 0. The molecule has 3 heteroatoms. The fraction of sp³-hybridized carbons (Fsp3) is 0.438. The molecule has 102 valence electrons. The van der Waals surface area contributed by atoms with Crippen molar-refractivity contribution in [3.63, 3.8) is 0 Å². The molecule has 1 aromatic heterocycles. The van der Waals surface area contributed by atoms with E-state index in [4.69, 9.17) is 5.73 Å². The van der Waals surface area contributed by atoms with Crippen LogP contribution in [0.4, 0.5) is 4.39 Å². The van der Waals surface area contributed by atoms with Gasteiger partial charge in [-0.2, -0.15) is 0 Å². The summed E-state index contributed by atoms with van der Waals surface area (Å²) < 4.78 is 13.5. The van der Waals surface area contributed by atoms with E-state index in [0.717, 1.165) is 22.2 Å². The molecule has 19 heavy (non-hydrogen) atoms. The van der Waals surface area contributed by atoms with E-state index in [1.54, 1.807) is 6.07 Å². The van der Waals surface area contributed by atoms with Crippen LogP contribution in [-0.2, 0) is 11.0 Å². The summed E-state index contributed by atoms with van der Waals surface area (Å²) in [5.74, 6) is -0.261. The molecule has 0 unspecified atom stereocenters. The van der Waals surface area contributed by atoms with E-state index < -0.39 is 5.54 Å². The number of nitrogens with two attached hydrogens (primary N) is 1. The number of hydrogen-bond acceptors (Lipinski definition) is 2. The molecule has 0 aliphatic heterocycles. The smallest absolute Gasteiger partial charge is 0.123 e. The normalized spacial score (nSPS) is 13.0. The molecule has 0 bridgehead atoms. The third-order valence-corrected chi connectivity index (χ3v) is 3.23. The number of fused-ring (bicyclic) bond motifs is 1. The third-order valence-electron chi connectivity index (χ3n) is 3.23. The lowest BCUT2D eigenvalue weighted by Gasteiger charge is -2.25. The molecule has 2 N–H and O–H groups in total. The van der Waals surface area contributed by atoms with Crippen LogP contribution >= 0.6 is 0 Å². The average Bonchev–Trinajstić information content (AvgIpc) is 2.24. The molecule has 2 nitrogen and oxygen atoms in total. The Morgan fingerprint density at radius 2 is 1.68 bits per heavy atom. The van der Waals surface area contributed by atoms with Gasteiger partial charge in [0.1, 0.15) is 5.82 Å². The van der Waals surface area contributed by atoms with Crippen LogP contribution in [0.1, 0.15) is 45.9 Å². The first-order valence-electron chi connectivity index (χ1n) is 6.49. The van der Waals surface area contributed by atoms with E-state index in [9.17, 15) is 4.39 Å². The second kappa shape index (κ2) is 4.27. The number of halogens is 1. The first-order chi connectivity index (χ1) is 8.59. The molecule has 0 amide bonds. The van der Waals surface area contributed by atoms with E-state index in [2.05, 4.69) is 25.8 Å². The number of pyridine rings is 1. The zero-order valence-electron chi connectivity index (χ0n) is 12.2. The Morgan fingerprint density at radius 1 is 1.05 bits per heavy atom. The molecule has 0 atom stereocenters. The molecule has 0 saturated heterocycles. The molecule has 0 radical (unpaired) electrons. The topological polar surface area (TPSA) is 38.9 Å². The summed E-state index contributed by atoms with van der Waals surface area (Å²) in [5.41, 5.74) is 8.33. The maximum absolute atomic E-state index is 13.5. The van der Waals surface area contributed by atoms with Gasteiger partial charge in [-0.25, -0.2) is 4.39 Å². The lowest BCUT2D eigenvalue weighted by atomic mass is 9.85. The maximum Gasteiger partial charge on any atom is 0.123 e. The van der Waals surface area contributed by atoms with Crippen molar-refractivity contribution in [1.29, 1.82) is 0 Å². The van der Waals surface area contributed by atoms with Crippen LogP contribution in [0.3, 0.4) is 0 Å². The van der Waals surface area contributed by atoms with Crippen molar-refractivity contribution in [3.8, 4) is 0 Å². The van der Waals surface area contributed by atoms with Gasteiger partial charge in [0.2, 0.25) is 0 Å². The van der Waals surface area contributed by atoms with Gasteiger partial charge in [-0.3, -0.25) is 4.98 Å². The number of rotatable bonds is 1. The van der Waals surface area contributed by atoms with Gasteiger partial charge in [0.15, 0.2) is 0 Å². The summed E-state index contributed by atoms with van der Waals surface area (Å²) >= 11 is 0. The Bertz CT molecular complexity index is 619. The molecule has 1 aromatic carbocycles. The molecular formula is C16H21FN2. The van der Waals surface area contributed by atoms with Crippen LogP contribution in [0.15, 0.2) is 24.3 Å². The molecule has 2 rings (SSSR count). The van der Waals surface area contributed by atoms with Crippen LogP contribution in [-0.4, -0.2) is 4.98 Å². The molecular weight excluding hydrogens is 239 g/mol. The van der Waals surface area contributed by atoms with E-state index >= 15 is 0 Å². The molecule has 2 aromatic rings. The number of aromatic nitrogens is 1. The summed E-state index contributed by atoms with van der Waals surface area (Å²) in [6.45, 7) is 10.2. The Morgan fingerprint density at radius 3 is 2.21 bits per heavy atom. The molecule has 0 fully saturated rings. The first kappa shape index (κ1) is 13.9. The fourth-order valence-electron chi connectivity index (χ4n) is 2.12. The number of hydrogen-bond donors (Lipinski definition) is 1. The van der Waals surface area contributed by atoms with Gasteiger partial charge >= 0.3 is 0 Å². The van der Waals surface area contributed by atoms with Crippen molar-refractivity contribution in [2.45, 2.75) is 45.6 Å². The lowest BCUT2D eigenvalue weighted by molar-refractivity contribution is 0.542. The van der Waals surface area contributed by atoms with E-state index in [1.807, 2.05) is 19.9 Å². The summed E-state index contributed by atoms with van der Waals surface area (Å²) in [5, 5.41) is 0.792. The third kappa shape index (κ3) is 2.76. The SMILES string of the molecule is CC(C)(C)c1cc(C(C)(C)N)c2cc(F)ccc2n1. The van der Waals surface area contributed by atoms with Crippen LogP contribution in [0, 0.1) is 5.82 Å². The standard InChI is InChI=1S/C16H21FN2/c1-15(2,3)14-9-12(16(4,5)18)11-8-10(17)6-7-13(11)19-14/h6-9H,18H2,1-5H3. The molecule has 0 saturated carbocycles. The molecule has 0 aliphatic rings. The van der Waals surface area contributed by atoms with Gasteiger partial charge in [-0.1, -0.05) is 20.8 Å². The average molecular weight is 260 g/mol. The van der Waals surface area contributed by atoms with Gasteiger partial charge in [0, 0.05) is 22.0 Å². The summed E-state index contributed by atoms with van der Waals surface area (Å²) in [6.07, 6.45) is 0. The van der Waals surface area contributed by atoms with Gasteiger partial charge < -0.3 is 5.73 Å². The van der Waals surface area contributed by atoms with E-state index in [1.165, 1.54) is 12.1 Å². The van der Waals surface area contributed by atoms with Crippen molar-refractivity contribution < 1.29 is 4.39 Å². The Hall–Kier alpha value is -1.48. The highest BCUT2D eigenvalue weighted by molar-refractivity contribution is 5.83. The lowest BCUT2D eigenvalue weighted by Crippen LogP contribution is -2.30. The number of nitrogens with zero attached hydrogens (tertiary/aromatic N) is 1.